The molecule has 0 heterocycles. The van der Waals surface area contributed by atoms with Crippen molar-refractivity contribution in [2.75, 3.05) is 14.1 Å². The lowest BCUT2D eigenvalue weighted by Crippen LogP contribution is -2.66. The SMILES string of the molecule is C[B-](C)(C1CCCC1)[N+](C)(C)C1CCCC1. The summed E-state index contributed by atoms with van der Waals surface area (Å²) in [5.41, 5.74) is 0. The maximum atomic E-state index is 2.59. The summed E-state index contributed by atoms with van der Waals surface area (Å²) in [5, 5.41) is 0. The highest BCUT2D eigenvalue weighted by Crippen LogP contribution is 2.44. The molecule has 16 heavy (non-hydrogen) atoms. The van der Waals surface area contributed by atoms with Crippen molar-refractivity contribution in [1.82, 2.24) is 0 Å². The molecule has 2 fully saturated rings. The monoisotopic (exact) mass is 223 g/mol. The van der Waals surface area contributed by atoms with Crippen LogP contribution in [0.4, 0.5) is 0 Å². The Kier molecular flexibility index (Phi) is 3.40. The summed E-state index contributed by atoms with van der Waals surface area (Å²) in [4.78, 5) is 0. The van der Waals surface area contributed by atoms with E-state index >= 15 is 0 Å². The van der Waals surface area contributed by atoms with Crippen LogP contribution >= 0.6 is 0 Å². The zero-order valence-corrected chi connectivity index (χ0v) is 11.8. The molecule has 2 aliphatic carbocycles. The normalized spacial score (nSPS) is 25.5. The van der Waals surface area contributed by atoms with Crippen LogP contribution in [0, 0.1) is 0 Å². The van der Waals surface area contributed by atoms with E-state index in [0.717, 1.165) is 11.9 Å². The Balaban J connectivity index is 2.12. The largest absolute Gasteiger partial charge is 0.518 e. The summed E-state index contributed by atoms with van der Waals surface area (Å²) < 4.78 is 1.32. The van der Waals surface area contributed by atoms with Crippen LogP contribution in [0.3, 0.4) is 0 Å². The van der Waals surface area contributed by atoms with Gasteiger partial charge in [0.1, 0.15) is 0 Å². The van der Waals surface area contributed by atoms with Crippen molar-refractivity contribution in [3.63, 3.8) is 0 Å². The third kappa shape index (κ3) is 1.94. The minimum atomic E-state index is -0.244. The molecule has 0 unspecified atom stereocenters. The molecule has 2 rings (SSSR count). The van der Waals surface area contributed by atoms with Gasteiger partial charge in [-0.25, -0.2) is 0 Å². The molecule has 0 saturated heterocycles. The summed E-state index contributed by atoms with van der Waals surface area (Å²) in [6, 6.07) is 0.954. The van der Waals surface area contributed by atoms with E-state index in [9.17, 15) is 0 Å². The highest BCUT2D eigenvalue weighted by Gasteiger charge is 2.44. The Bertz CT molecular complexity index is 209. The number of hydrogen-bond donors (Lipinski definition) is 0. The van der Waals surface area contributed by atoms with Crippen LogP contribution in [0.15, 0.2) is 0 Å². The van der Waals surface area contributed by atoms with Gasteiger partial charge in [0, 0.05) is 20.1 Å². The van der Waals surface area contributed by atoms with Crippen molar-refractivity contribution >= 4 is 6.28 Å². The van der Waals surface area contributed by atoms with E-state index in [1.54, 1.807) is 0 Å². The first-order valence-corrected chi connectivity index (χ1v) is 7.53. The van der Waals surface area contributed by atoms with Gasteiger partial charge in [-0.1, -0.05) is 25.7 Å². The fourth-order valence-electron chi connectivity index (χ4n) is 4.43. The first-order valence-electron chi connectivity index (χ1n) is 7.53. The summed E-state index contributed by atoms with van der Waals surface area (Å²) >= 11 is 0. The molecule has 0 amide bonds. The Labute approximate surface area is 102 Å². The lowest BCUT2D eigenvalue weighted by Gasteiger charge is -2.59. The maximum absolute atomic E-state index is 2.59. The predicted octanol–water partition coefficient (Wildman–Crippen LogP) is 4.15. The number of nitrogens with zero attached hydrogens (tertiary/aromatic N) is 1. The van der Waals surface area contributed by atoms with Crippen LogP contribution in [0.2, 0.25) is 19.5 Å². The standard InChI is InChI=1S/C14H30BN/c1-15(2,13-9-5-6-10-13)16(3,4)14-11-7-8-12-14/h13-14H,5-12H2,1-4H3. The molecule has 0 radical (unpaired) electrons. The zero-order chi connectivity index (χ0) is 11.8. The van der Waals surface area contributed by atoms with Gasteiger partial charge in [0.2, 0.25) is 6.28 Å². The Morgan fingerprint density at radius 1 is 0.812 bits per heavy atom. The summed E-state index contributed by atoms with van der Waals surface area (Å²) in [7, 11) is 5.04. The van der Waals surface area contributed by atoms with E-state index in [1.165, 1.54) is 55.8 Å². The smallest absolute Gasteiger partial charge is 0.206 e. The second kappa shape index (κ2) is 4.36. The number of hydrogen-bond acceptors (Lipinski definition) is 0. The molecule has 0 N–H and O–H groups in total. The molecule has 0 aliphatic heterocycles. The quantitative estimate of drug-likeness (QED) is 0.630. The molecule has 94 valence electrons. The van der Waals surface area contributed by atoms with Crippen molar-refractivity contribution in [1.29, 1.82) is 0 Å². The minimum absolute atomic E-state index is 0.244. The Morgan fingerprint density at radius 3 is 1.75 bits per heavy atom. The highest BCUT2D eigenvalue weighted by atomic mass is 15.3. The molecule has 1 nitrogen and oxygen atoms in total. The van der Waals surface area contributed by atoms with Gasteiger partial charge in [0.05, 0.1) is 0 Å². The Hall–Kier alpha value is 0.0249. The van der Waals surface area contributed by atoms with E-state index in [-0.39, 0.29) is 6.28 Å². The molecule has 0 aromatic heterocycles. The lowest BCUT2D eigenvalue weighted by molar-refractivity contribution is -0.820. The van der Waals surface area contributed by atoms with Gasteiger partial charge in [0.25, 0.3) is 0 Å². The van der Waals surface area contributed by atoms with Gasteiger partial charge in [-0.3, -0.25) is 0 Å². The van der Waals surface area contributed by atoms with E-state index in [2.05, 4.69) is 27.7 Å². The predicted molar refractivity (Wildman–Crippen MR) is 74.1 cm³/mol. The van der Waals surface area contributed by atoms with Gasteiger partial charge in [0.15, 0.2) is 0 Å². The molecule has 2 saturated carbocycles. The third-order valence-electron chi connectivity index (χ3n) is 6.53. The Morgan fingerprint density at radius 2 is 1.25 bits per heavy atom. The number of quaternary nitrogens is 1. The van der Waals surface area contributed by atoms with Gasteiger partial charge < -0.3 is 4.39 Å². The minimum Gasteiger partial charge on any atom is -0.518 e. The molecule has 0 aromatic carbocycles. The molecular formula is C14H30BN. The number of rotatable bonds is 3. The second-order valence-electron chi connectivity index (χ2n) is 7.52. The van der Waals surface area contributed by atoms with Crippen LogP contribution in [-0.2, 0) is 0 Å². The van der Waals surface area contributed by atoms with E-state index in [4.69, 9.17) is 0 Å². The molecule has 0 atom stereocenters. The average molecular weight is 223 g/mol. The fourth-order valence-corrected chi connectivity index (χ4v) is 4.43. The molecule has 0 aromatic rings. The average Bonchev–Trinajstić information content (AvgIpc) is 2.91. The van der Waals surface area contributed by atoms with Crippen molar-refractivity contribution in [3.05, 3.63) is 0 Å². The van der Waals surface area contributed by atoms with Crippen LogP contribution < -0.4 is 0 Å². The van der Waals surface area contributed by atoms with Gasteiger partial charge in [-0.05, 0) is 25.7 Å². The van der Waals surface area contributed by atoms with Crippen LogP contribution in [0.1, 0.15) is 51.4 Å². The van der Waals surface area contributed by atoms with E-state index in [0.29, 0.717) is 0 Å². The fraction of sp³-hybridized carbons (Fsp3) is 1.00. The molecule has 0 bridgehead atoms. The molecule has 2 aliphatic rings. The van der Waals surface area contributed by atoms with Gasteiger partial charge >= 0.3 is 0 Å². The van der Waals surface area contributed by atoms with Crippen molar-refractivity contribution in [2.24, 2.45) is 0 Å². The molecule has 0 spiro atoms. The van der Waals surface area contributed by atoms with Crippen molar-refractivity contribution in [3.8, 4) is 0 Å². The van der Waals surface area contributed by atoms with E-state index < -0.39 is 0 Å². The van der Waals surface area contributed by atoms with Crippen LogP contribution in [0.25, 0.3) is 0 Å². The highest BCUT2D eigenvalue weighted by molar-refractivity contribution is 6.71. The first kappa shape index (κ1) is 12.5. The van der Waals surface area contributed by atoms with Gasteiger partial charge in [-0.15, -0.1) is 19.5 Å². The summed E-state index contributed by atoms with van der Waals surface area (Å²) in [5.74, 6) is 1.02. The lowest BCUT2D eigenvalue weighted by atomic mass is 9.28. The maximum Gasteiger partial charge on any atom is 0.206 e. The second-order valence-corrected chi connectivity index (χ2v) is 7.52. The molecular weight excluding hydrogens is 193 g/mol. The van der Waals surface area contributed by atoms with Crippen LogP contribution in [-0.4, -0.2) is 30.8 Å². The summed E-state index contributed by atoms with van der Waals surface area (Å²) in [6.45, 7) is 5.18. The molecule has 2 heteroatoms. The van der Waals surface area contributed by atoms with Crippen LogP contribution in [0.5, 0.6) is 0 Å². The topological polar surface area (TPSA) is 0 Å². The first-order chi connectivity index (χ1) is 7.46. The van der Waals surface area contributed by atoms with E-state index in [1.807, 2.05) is 0 Å². The third-order valence-corrected chi connectivity index (χ3v) is 6.53. The van der Waals surface area contributed by atoms with Gasteiger partial charge in [-0.2, -0.15) is 0 Å². The summed E-state index contributed by atoms with van der Waals surface area (Å²) in [6.07, 6.45) is 11.6. The zero-order valence-electron chi connectivity index (χ0n) is 11.8. The van der Waals surface area contributed by atoms with Crippen molar-refractivity contribution in [2.45, 2.75) is 76.9 Å². The van der Waals surface area contributed by atoms with Crippen molar-refractivity contribution < 1.29 is 4.39 Å².